The predicted molar refractivity (Wildman–Crippen MR) is 131 cm³/mol. The predicted octanol–water partition coefficient (Wildman–Crippen LogP) is 2.59. The molecule has 0 bridgehead atoms. The minimum atomic E-state index is -1.33. The molecule has 0 saturated heterocycles. The van der Waals surface area contributed by atoms with Crippen LogP contribution in [0.25, 0.3) is 0 Å². The molecule has 10 heteroatoms. The van der Waals surface area contributed by atoms with Gasteiger partial charge in [0.05, 0.1) is 7.11 Å². The van der Waals surface area contributed by atoms with Crippen molar-refractivity contribution in [3.8, 4) is 5.75 Å². The summed E-state index contributed by atoms with van der Waals surface area (Å²) in [6.45, 7) is 13.4. The highest BCUT2D eigenvalue weighted by Crippen LogP contribution is 2.32. The summed E-state index contributed by atoms with van der Waals surface area (Å²) < 4.78 is 9.88. The van der Waals surface area contributed by atoms with Gasteiger partial charge in [-0.3, -0.25) is 14.4 Å². The zero-order valence-corrected chi connectivity index (χ0v) is 21.5. The quantitative estimate of drug-likeness (QED) is 0.338. The highest BCUT2D eigenvalue weighted by molar-refractivity contribution is 5.93. The number of amides is 3. The van der Waals surface area contributed by atoms with Gasteiger partial charge in [-0.2, -0.15) is 0 Å². The molecule has 1 aromatic carbocycles. The number of esters is 1. The number of phenolic OH excluding ortho intramolecular Hbond substituents is 1. The number of rotatable bonds is 10. The number of para-hydroxylation sites is 1. The lowest BCUT2D eigenvalue weighted by molar-refractivity contribution is -0.144. The first kappa shape index (κ1) is 29.5. The molecule has 1 rings (SSSR count). The average Bonchev–Trinajstić information content (AvgIpc) is 2.76. The van der Waals surface area contributed by atoms with Crippen molar-refractivity contribution in [1.82, 2.24) is 15.5 Å². The summed E-state index contributed by atoms with van der Waals surface area (Å²) in [6.07, 6.45) is 0.643. The van der Waals surface area contributed by atoms with Crippen LogP contribution in [0, 0.1) is 12.8 Å². The molecule has 2 atom stereocenters. The van der Waals surface area contributed by atoms with Gasteiger partial charge < -0.3 is 30.1 Å². The number of nitrogens with one attached hydrogen (secondary N) is 2. The minimum Gasteiger partial charge on any atom is -0.507 e. The molecule has 35 heavy (non-hydrogen) atoms. The highest BCUT2D eigenvalue weighted by Gasteiger charge is 2.38. The fourth-order valence-electron chi connectivity index (χ4n) is 3.27. The van der Waals surface area contributed by atoms with Gasteiger partial charge in [-0.1, -0.05) is 38.1 Å². The number of hydrogen-bond acceptors (Lipinski definition) is 7. The number of aryl methyl sites for hydroxylation is 1. The molecule has 3 N–H and O–H groups in total. The molecule has 0 aliphatic carbocycles. The van der Waals surface area contributed by atoms with Crippen LogP contribution in [-0.2, 0) is 23.9 Å². The van der Waals surface area contributed by atoms with Gasteiger partial charge in [0, 0.05) is 12.1 Å². The molecule has 0 saturated carbocycles. The van der Waals surface area contributed by atoms with Crippen molar-refractivity contribution < 1.29 is 33.8 Å². The van der Waals surface area contributed by atoms with Gasteiger partial charge in [0.1, 0.15) is 30.0 Å². The number of ether oxygens (including phenoxy) is 2. The van der Waals surface area contributed by atoms with Gasteiger partial charge >= 0.3 is 12.1 Å². The van der Waals surface area contributed by atoms with Crippen molar-refractivity contribution in [2.45, 2.75) is 59.2 Å². The number of hydrogen-bond donors (Lipinski definition) is 3. The molecule has 0 aromatic heterocycles. The Morgan fingerprint density at radius 3 is 2.34 bits per heavy atom. The number of nitrogens with zero attached hydrogens (tertiary/aromatic N) is 1. The van der Waals surface area contributed by atoms with E-state index >= 15 is 0 Å². The Morgan fingerprint density at radius 2 is 1.83 bits per heavy atom. The van der Waals surface area contributed by atoms with E-state index in [-0.39, 0.29) is 23.8 Å². The molecular weight excluding hydrogens is 454 g/mol. The summed E-state index contributed by atoms with van der Waals surface area (Å²) in [5.74, 6) is -2.53. The third-order valence-corrected chi connectivity index (χ3v) is 4.97. The molecule has 2 unspecified atom stereocenters. The molecule has 1 aromatic rings. The third-order valence-electron chi connectivity index (χ3n) is 4.97. The van der Waals surface area contributed by atoms with E-state index in [2.05, 4.69) is 21.9 Å². The first-order valence-electron chi connectivity index (χ1n) is 11.3. The maximum absolute atomic E-state index is 13.7. The summed E-state index contributed by atoms with van der Waals surface area (Å²) in [5, 5.41) is 15.8. The van der Waals surface area contributed by atoms with Crippen LogP contribution in [0.5, 0.6) is 5.75 Å². The van der Waals surface area contributed by atoms with Gasteiger partial charge in [-0.15, -0.1) is 6.58 Å². The Bertz CT molecular complexity index is 937. The van der Waals surface area contributed by atoms with Crippen molar-refractivity contribution in [1.29, 1.82) is 0 Å². The van der Waals surface area contributed by atoms with Gasteiger partial charge in [-0.05, 0) is 39.2 Å². The Hall–Kier alpha value is -3.56. The second kappa shape index (κ2) is 12.8. The summed E-state index contributed by atoms with van der Waals surface area (Å²) in [5.41, 5.74) is -0.132. The number of benzene rings is 1. The topological polar surface area (TPSA) is 134 Å². The summed E-state index contributed by atoms with van der Waals surface area (Å²) in [4.78, 5) is 52.3. The van der Waals surface area contributed by atoms with Crippen molar-refractivity contribution in [2.75, 3.05) is 20.2 Å². The second-order valence-corrected chi connectivity index (χ2v) is 9.36. The van der Waals surface area contributed by atoms with Crippen molar-refractivity contribution in [3.05, 3.63) is 42.0 Å². The molecule has 0 radical (unpaired) electrons. The lowest BCUT2D eigenvalue weighted by atomic mass is 9.97. The standard InChI is InChI=1S/C25H37N3O7/c1-9-13-28(23(32)19(15(2)3)27-24(33)35-25(5,6)7)20(22(31)26-14-18(29)34-8)17-12-10-11-16(4)21(17)30/h9-12,15,19-20,30H,1,13-14H2,2-8H3,(H,26,31)(H,27,33). The summed E-state index contributed by atoms with van der Waals surface area (Å²) >= 11 is 0. The minimum absolute atomic E-state index is 0.0816. The number of methoxy groups -OCH3 is 1. The SMILES string of the molecule is C=CCN(C(=O)C(NC(=O)OC(C)(C)C)C(C)C)C(C(=O)NCC(=O)OC)c1cccc(C)c1O. The molecule has 0 spiro atoms. The highest BCUT2D eigenvalue weighted by atomic mass is 16.6. The van der Waals surface area contributed by atoms with Gasteiger partial charge in [-0.25, -0.2) is 4.79 Å². The fourth-order valence-corrected chi connectivity index (χ4v) is 3.27. The van der Waals surface area contributed by atoms with Crippen LogP contribution >= 0.6 is 0 Å². The fraction of sp³-hybridized carbons (Fsp3) is 0.520. The van der Waals surface area contributed by atoms with Crippen LogP contribution in [0.3, 0.4) is 0 Å². The summed E-state index contributed by atoms with van der Waals surface area (Å²) in [7, 11) is 1.18. The Morgan fingerprint density at radius 1 is 1.20 bits per heavy atom. The van der Waals surface area contributed by atoms with E-state index in [4.69, 9.17) is 4.74 Å². The lowest BCUT2D eigenvalue weighted by Gasteiger charge is -2.35. The zero-order chi connectivity index (χ0) is 26.9. The van der Waals surface area contributed by atoms with E-state index in [9.17, 15) is 24.3 Å². The van der Waals surface area contributed by atoms with E-state index in [0.717, 1.165) is 0 Å². The van der Waals surface area contributed by atoms with E-state index in [1.807, 2.05) is 0 Å². The Labute approximate surface area is 206 Å². The Balaban J connectivity index is 3.49. The molecule has 0 fully saturated rings. The van der Waals surface area contributed by atoms with E-state index in [0.29, 0.717) is 5.56 Å². The number of phenols is 1. The van der Waals surface area contributed by atoms with Crippen LogP contribution in [0.2, 0.25) is 0 Å². The van der Waals surface area contributed by atoms with E-state index < -0.39 is 48.1 Å². The van der Waals surface area contributed by atoms with Crippen LogP contribution in [-0.4, -0.2) is 65.7 Å². The van der Waals surface area contributed by atoms with Crippen LogP contribution in [0.4, 0.5) is 4.79 Å². The first-order valence-corrected chi connectivity index (χ1v) is 11.3. The smallest absolute Gasteiger partial charge is 0.408 e. The van der Waals surface area contributed by atoms with Crippen LogP contribution in [0.1, 0.15) is 51.8 Å². The summed E-state index contributed by atoms with van der Waals surface area (Å²) in [6, 6.07) is 2.43. The number of alkyl carbamates (subject to hydrolysis) is 1. The largest absolute Gasteiger partial charge is 0.507 e. The zero-order valence-electron chi connectivity index (χ0n) is 21.5. The number of carbonyl (C=O) groups excluding carboxylic acids is 4. The van der Waals surface area contributed by atoms with Gasteiger partial charge in [0.2, 0.25) is 11.8 Å². The van der Waals surface area contributed by atoms with Gasteiger partial charge in [0.25, 0.3) is 0 Å². The van der Waals surface area contributed by atoms with Crippen molar-refractivity contribution in [2.24, 2.45) is 5.92 Å². The maximum atomic E-state index is 13.7. The molecule has 10 nitrogen and oxygen atoms in total. The van der Waals surface area contributed by atoms with Crippen LogP contribution in [0.15, 0.2) is 30.9 Å². The number of aromatic hydroxyl groups is 1. The molecule has 194 valence electrons. The maximum Gasteiger partial charge on any atom is 0.408 e. The molecule has 0 aliphatic heterocycles. The lowest BCUT2D eigenvalue weighted by Crippen LogP contribution is -2.55. The molecule has 3 amide bonds. The monoisotopic (exact) mass is 491 g/mol. The average molecular weight is 492 g/mol. The second-order valence-electron chi connectivity index (χ2n) is 9.36. The number of carbonyl (C=O) groups is 4. The molecule has 0 aliphatic rings. The van der Waals surface area contributed by atoms with Crippen molar-refractivity contribution in [3.63, 3.8) is 0 Å². The molecular formula is C25H37N3O7. The Kier molecular flexibility index (Phi) is 10.8. The normalized spacial score (nSPS) is 12.8. The van der Waals surface area contributed by atoms with Crippen LogP contribution < -0.4 is 10.6 Å². The third kappa shape index (κ3) is 8.62. The van der Waals surface area contributed by atoms with Gasteiger partial charge in [0.15, 0.2) is 0 Å². The first-order chi connectivity index (χ1) is 16.2. The van der Waals surface area contributed by atoms with E-state index in [1.165, 1.54) is 24.2 Å². The molecule has 0 heterocycles. The van der Waals surface area contributed by atoms with Crippen molar-refractivity contribution >= 4 is 23.9 Å². The van der Waals surface area contributed by atoms with E-state index in [1.54, 1.807) is 53.7 Å².